The highest BCUT2D eigenvalue weighted by atomic mass is 32.2. The smallest absolute Gasteiger partial charge is 0.488 e. The maximum Gasteiger partial charge on any atom is 0.509 e. The average Bonchev–Trinajstić information content (AvgIpc) is 1.70. The standard InChI is InChI=1S/C67H65BN4O15S2/c1-6-67(39-49-38-58-59-50(35-45-15-7-10-18-55(45)69-59)40-72(58)62(73)61(49)84-63(67)74)85-64(75)83-42-51-34-44(23-27-53-36-46-16-8-11-19-56(46)70(53)29-13-31-88(76,77)78)33-48(24-28-54-37-47-17-9-12-20-57(47)71(54)30-14-32-89(79,80)81)60(51)82-41-43-21-25-52(26-22-43)68-86-65(2,3)66(4,5)87-68/h7-12,15-28,33-35,38H,6,13-14,29-32,36-37,39-42H2,1-5H3/p+2/b27-23+,28-24+/t67-/m0/s1. The van der Waals surface area contributed by atoms with Crippen LogP contribution in [0, 0.1) is 0 Å². The van der Waals surface area contributed by atoms with Gasteiger partial charge in [-0.15, -0.1) is 0 Å². The van der Waals surface area contributed by atoms with Crippen LogP contribution in [0.2, 0.25) is 0 Å². The third kappa shape index (κ3) is 12.7. The van der Waals surface area contributed by atoms with E-state index in [-0.39, 0.29) is 51.1 Å². The fourth-order valence-electron chi connectivity index (χ4n) is 12.2. The van der Waals surface area contributed by atoms with Crippen LogP contribution in [0.5, 0.6) is 11.5 Å². The summed E-state index contributed by atoms with van der Waals surface area (Å²) in [5, 5.41) is 0.920. The molecule has 89 heavy (non-hydrogen) atoms. The average molecular weight is 1240 g/mol. The number of allylic oxidation sites excluding steroid dienone is 2. The molecule has 0 radical (unpaired) electrons. The van der Waals surface area contributed by atoms with Crippen molar-refractivity contribution in [1.82, 2.24) is 9.55 Å². The van der Waals surface area contributed by atoms with Gasteiger partial charge in [-0.25, -0.2) is 14.6 Å². The van der Waals surface area contributed by atoms with Crippen LogP contribution in [0.4, 0.5) is 16.2 Å². The zero-order valence-electron chi connectivity index (χ0n) is 49.9. The molecule has 22 heteroatoms. The third-order valence-corrected chi connectivity index (χ3v) is 19.2. The lowest BCUT2D eigenvalue weighted by molar-refractivity contribution is -0.436. The molecule has 0 saturated carbocycles. The van der Waals surface area contributed by atoms with Crippen molar-refractivity contribution < 1.29 is 72.9 Å². The van der Waals surface area contributed by atoms with Crippen LogP contribution >= 0.6 is 0 Å². The van der Waals surface area contributed by atoms with Crippen LogP contribution in [0.25, 0.3) is 34.4 Å². The molecule has 0 spiro atoms. The van der Waals surface area contributed by atoms with Crippen molar-refractivity contribution in [2.75, 3.05) is 24.6 Å². The fourth-order valence-corrected chi connectivity index (χ4v) is 13.1. The van der Waals surface area contributed by atoms with E-state index in [1.807, 2.05) is 176 Å². The van der Waals surface area contributed by atoms with Crippen LogP contribution in [0.1, 0.15) is 98.4 Å². The first-order valence-corrected chi connectivity index (χ1v) is 32.8. The van der Waals surface area contributed by atoms with E-state index >= 15 is 0 Å². The van der Waals surface area contributed by atoms with Crippen LogP contribution in [0.15, 0.2) is 138 Å². The lowest BCUT2D eigenvalue weighted by Gasteiger charge is -2.33. The first-order valence-electron chi connectivity index (χ1n) is 29.6. The Labute approximate surface area is 516 Å². The van der Waals surface area contributed by atoms with Gasteiger partial charge < -0.3 is 28.3 Å². The normalized spacial score (nSPS) is 18.1. The van der Waals surface area contributed by atoms with E-state index in [1.54, 1.807) is 13.0 Å². The number of benzene rings is 5. The predicted molar refractivity (Wildman–Crippen MR) is 337 cm³/mol. The molecule has 2 N–H and O–H groups in total. The number of ether oxygens (including phenoxy) is 4. The second kappa shape index (κ2) is 23.9. The minimum absolute atomic E-state index is 0.0276. The molecular formula is C67H67BN4O15S2+2. The first kappa shape index (κ1) is 60.9. The van der Waals surface area contributed by atoms with Gasteiger partial charge in [0.05, 0.1) is 59.0 Å². The highest BCUT2D eigenvalue weighted by Gasteiger charge is 2.52. The van der Waals surface area contributed by atoms with Gasteiger partial charge in [-0.1, -0.05) is 85.8 Å². The van der Waals surface area contributed by atoms with Crippen molar-refractivity contribution in [3.63, 3.8) is 0 Å². The lowest BCUT2D eigenvalue weighted by Crippen LogP contribution is -2.51. The molecule has 0 amide bonds. The Kier molecular flexibility index (Phi) is 16.3. The Morgan fingerprint density at radius 3 is 1.96 bits per heavy atom. The molecule has 1 saturated heterocycles. The first-order chi connectivity index (χ1) is 42.4. The lowest BCUT2D eigenvalue weighted by atomic mass is 9.79. The Morgan fingerprint density at radius 1 is 0.719 bits per heavy atom. The maximum atomic E-state index is 14.4. The van der Waals surface area contributed by atoms with E-state index < -0.39 is 80.0 Å². The van der Waals surface area contributed by atoms with Crippen LogP contribution < -0.4 is 20.5 Å². The molecule has 1 atom stereocenters. The molecule has 7 aromatic rings. The largest absolute Gasteiger partial charge is 0.509 e. The second-order valence-corrected chi connectivity index (χ2v) is 27.2. The number of nitrogens with zero attached hydrogens (tertiary/aromatic N) is 4. The Hall–Kier alpha value is -8.38. The molecule has 19 nitrogen and oxygen atoms in total. The van der Waals surface area contributed by atoms with E-state index in [0.717, 1.165) is 61.4 Å². The van der Waals surface area contributed by atoms with Gasteiger partial charge in [0.25, 0.3) is 25.8 Å². The zero-order valence-corrected chi connectivity index (χ0v) is 51.6. The van der Waals surface area contributed by atoms with Gasteiger partial charge in [-0.05, 0) is 93.2 Å². The molecule has 0 aliphatic carbocycles. The zero-order chi connectivity index (χ0) is 62.6. The summed E-state index contributed by atoms with van der Waals surface area (Å²) >= 11 is 0. The van der Waals surface area contributed by atoms with Crippen LogP contribution in [-0.2, 0) is 82.8 Å². The number of pyridine rings is 2. The molecular weight excluding hydrogens is 1180 g/mol. The summed E-state index contributed by atoms with van der Waals surface area (Å²) in [6.07, 6.45) is 7.58. The van der Waals surface area contributed by atoms with E-state index in [2.05, 4.69) is 0 Å². The number of carbonyl (C=O) groups is 2. The van der Waals surface area contributed by atoms with Crippen molar-refractivity contribution in [2.45, 2.75) is 110 Å². The molecule has 0 bridgehead atoms. The molecule has 0 unspecified atom stereocenters. The number of rotatable bonds is 20. The molecule has 12 rings (SSSR count). The van der Waals surface area contributed by atoms with E-state index in [9.17, 15) is 40.3 Å². The minimum atomic E-state index is -4.24. The van der Waals surface area contributed by atoms with Gasteiger partial charge in [0.2, 0.25) is 17.0 Å². The van der Waals surface area contributed by atoms with E-state index in [4.69, 9.17) is 33.2 Å². The number of aromatic nitrogens is 2. The number of esters is 1. The monoisotopic (exact) mass is 1240 g/mol. The van der Waals surface area contributed by atoms with Crippen molar-refractivity contribution in [2.24, 2.45) is 0 Å². The van der Waals surface area contributed by atoms with Gasteiger partial charge in [0.15, 0.2) is 17.2 Å². The van der Waals surface area contributed by atoms with Crippen molar-refractivity contribution in [1.29, 1.82) is 0 Å². The Bertz CT molecular complexity index is 4460. The molecule has 7 heterocycles. The Morgan fingerprint density at radius 2 is 1.33 bits per heavy atom. The predicted octanol–water partition coefficient (Wildman–Crippen LogP) is 9.53. The molecule has 458 valence electrons. The van der Waals surface area contributed by atoms with E-state index in [0.29, 0.717) is 58.8 Å². The van der Waals surface area contributed by atoms with E-state index in [1.165, 1.54) is 4.57 Å². The van der Waals surface area contributed by atoms with Crippen LogP contribution in [0.3, 0.4) is 0 Å². The van der Waals surface area contributed by atoms with Crippen LogP contribution in [-0.4, -0.2) is 117 Å². The summed E-state index contributed by atoms with van der Waals surface area (Å²) in [6.45, 7) is 10.1. The summed E-state index contributed by atoms with van der Waals surface area (Å²) in [4.78, 5) is 47.5. The summed E-state index contributed by atoms with van der Waals surface area (Å²) in [6, 6.07) is 38.4. The van der Waals surface area contributed by atoms with Crippen molar-refractivity contribution in [3.05, 3.63) is 188 Å². The van der Waals surface area contributed by atoms with Gasteiger partial charge in [0, 0.05) is 82.3 Å². The second-order valence-electron chi connectivity index (χ2n) is 24.1. The van der Waals surface area contributed by atoms with Gasteiger partial charge >= 0.3 is 19.2 Å². The van der Waals surface area contributed by atoms with Crippen molar-refractivity contribution >= 4 is 90.8 Å². The topological polar surface area (TPSA) is 239 Å². The highest BCUT2D eigenvalue weighted by Crippen LogP contribution is 2.41. The SMILES string of the molecule is CC[C@]1(OC(=O)OCc2cc(/C=C/C3=[N+](CCCS(=O)(=O)O)c4ccccc4C3)cc(/C=C/C3=[N+](CCCS(=O)(=O)O)c4ccccc4C3)c2OCc2ccc(B3OC(C)(C)C(C)(C)O3)cc2)Cc2cc3n(c(=O)c2OC1=O)Cc1cc2ccccc2nc1-3. The quantitative estimate of drug-likeness (QED) is 0.0312. The van der Waals surface area contributed by atoms with Gasteiger partial charge in [-0.2, -0.15) is 26.0 Å². The highest BCUT2D eigenvalue weighted by molar-refractivity contribution is 7.86. The molecule has 2 aromatic heterocycles. The van der Waals surface area contributed by atoms with Gasteiger partial charge in [-0.3, -0.25) is 18.5 Å². The Balaban J connectivity index is 0.904. The molecule has 1 fully saturated rings. The fraction of sp³-hybridized carbons (Fsp3) is 0.313. The minimum Gasteiger partial charge on any atom is -0.488 e. The molecule has 5 aliphatic heterocycles. The summed E-state index contributed by atoms with van der Waals surface area (Å²) in [7, 11) is -9.05. The molecule has 5 aliphatic rings. The van der Waals surface area contributed by atoms with Gasteiger partial charge in [0.1, 0.15) is 32.1 Å². The number of carbonyl (C=O) groups excluding carboxylic acids is 2. The maximum absolute atomic E-state index is 14.4. The van der Waals surface area contributed by atoms with Crippen molar-refractivity contribution in [3.8, 4) is 22.9 Å². The number of hydrogen-bond acceptors (Lipinski definition) is 14. The molecule has 5 aromatic carbocycles. The summed E-state index contributed by atoms with van der Waals surface area (Å²) in [5.41, 5.74) is 8.38. The summed E-state index contributed by atoms with van der Waals surface area (Å²) < 4.78 is 110. The number of fused-ring (bicyclic) bond motifs is 7. The number of hydrogen-bond donors (Lipinski definition) is 2. The number of para-hydroxylation sites is 3. The summed E-state index contributed by atoms with van der Waals surface area (Å²) in [5.74, 6) is -1.59. The third-order valence-electron chi connectivity index (χ3n) is 17.5.